The van der Waals surface area contributed by atoms with Gasteiger partial charge in [-0.3, -0.25) is 4.79 Å². The topological polar surface area (TPSA) is 101 Å². The molecule has 192 valence electrons. The normalized spacial score (nSPS) is 13.7. The van der Waals surface area contributed by atoms with Crippen LogP contribution in [0.4, 0.5) is 8.78 Å². The molecule has 4 aromatic rings. The first-order chi connectivity index (χ1) is 17.6. The molecule has 0 radical (unpaired) electrons. The smallest absolute Gasteiger partial charge is 0.423 e. The van der Waals surface area contributed by atoms with Gasteiger partial charge in [0.2, 0.25) is 5.58 Å². The van der Waals surface area contributed by atoms with Gasteiger partial charge >= 0.3 is 11.7 Å². The third-order valence-electron chi connectivity index (χ3n) is 6.19. The van der Waals surface area contributed by atoms with E-state index in [1.165, 1.54) is 50.6 Å². The predicted molar refractivity (Wildman–Crippen MR) is 131 cm³/mol. The standard InChI is InChI=1S/C27H24F2N2O6/c1-14-13-19(29)9-10-20(14)22(17-5-7-18(28)8-6-17)16(3)36-26(33)15(2)31-25(32)23-24(37-27(31)34)21(35-4)11-12-30-23/h5-13,15-16,22H,1-4H3/t15-,16-,22+/m0/s1. The van der Waals surface area contributed by atoms with Crippen molar-refractivity contribution >= 4 is 17.1 Å². The number of nitrogens with zero attached hydrogens (tertiary/aromatic N) is 2. The van der Waals surface area contributed by atoms with E-state index in [9.17, 15) is 23.2 Å². The number of hydrogen-bond donors (Lipinski definition) is 0. The lowest BCUT2D eigenvalue weighted by Crippen LogP contribution is -2.40. The van der Waals surface area contributed by atoms with Crippen molar-refractivity contribution in [3.05, 3.63) is 104 Å². The van der Waals surface area contributed by atoms with Gasteiger partial charge in [0.25, 0.3) is 5.56 Å². The second-order valence-electron chi connectivity index (χ2n) is 8.58. The fraction of sp³-hybridized carbons (Fsp3) is 0.259. The maximum Gasteiger partial charge on any atom is 0.423 e. The van der Waals surface area contributed by atoms with Crippen molar-refractivity contribution < 1.29 is 27.5 Å². The van der Waals surface area contributed by atoms with Crippen molar-refractivity contribution in [3.63, 3.8) is 0 Å². The minimum atomic E-state index is -1.35. The molecule has 8 nitrogen and oxygen atoms in total. The largest absolute Gasteiger partial charge is 0.493 e. The lowest BCUT2D eigenvalue weighted by atomic mass is 9.84. The number of pyridine rings is 1. The summed E-state index contributed by atoms with van der Waals surface area (Å²) in [5.74, 6) is -3.27. The van der Waals surface area contributed by atoms with Crippen LogP contribution in [-0.2, 0) is 9.53 Å². The zero-order chi connectivity index (χ0) is 26.9. The molecule has 2 aromatic heterocycles. The number of esters is 1. The quantitative estimate of drug-likeness (QED) is 0.342. The molecule has 0 unspecified atom stereocenters. The Morgan fingerprint density at radius 1 is 1.03 bits per heavy atom. The summed E-state index contributed by atoms with van der Waals surface area (Å²) in [7, 11) is 1.35. The first kappa shape index (κ1) is 25.7. The number of aromatic nitrogens is 2. The summed E-state index contributed by atoms with van der Waals surface area (Å²) in [6.45, 7) is 4.67. The number of carbonyl (C=O) groups excluding carboxylic acids is 1. The highest BCUT2D eigenvalue weighted by molar-refractivity contribution is 5.78. The van der Waals surface area contributed by atoms with E-state index in [2.05, 4.69) is 4.98 Å². The lowest BCUT2D eigenvalue weighted by molar-refractivity contribution is -0.152. The summed E-state index contributed by atoms with van der Waals surface area (Å²) in [4.78, 5) is 42.8. The van der Waals surface area contributed by atoms with Crippen molar-refractivity contribution in [2.24, 2.45) is 0 Å². The molecule has 0 bridgehead atoms. The highest BCUT2D eigenvalue weighted by atomic mass is 19.1. The van der Waals surface area contributed by atoms with Crippen LogP contribution in [0.2, 0.25) is 0 Å². The molecule has 0 saturated carbocycles. The van der Waals surface area contributed by atoms with E-state index in [1.807, 2.05) is 0 Å². The lowest BCUT2D eigenvalue weighted by Gasteiger charge is -2.27. The average Bonchev–Trinajstić information content (AvgIpc) is 2.86. The summed E-state index contributed by atoms with van der Waals surface area (Å²) in [6.07, 6.45) is 0.474. The molecule has 10 heteroatoms. The Labute approximate surface area is 210 Å². The first-order valence-electron chi connectivity index (χ1n) is 11.4. The number of rotatable bonds is 7. The van der Waals surface area contributed by atoms with Crippen LogP contribution in [0.25, 0.3) is 11.1 Å². The van der Waals surface area contributed by atoms with E-state index in [0.29, 0.717) is 21.3 Å². The summed E-state index contributed by atoms with van der Waals surface area (Å²) < 4.78 is 44.1. The van der Waals surface area contributed by atoms with Crippen LogP contribution < -0.4 is 16.1 Å². The summed E-state index contributed by atoms with van der Waals surface area (Å²) in [5.41, 5.74) is 0.747. The molecular formula is C27H24F2N2O6. The molecule has 0 N–H and O–H groups in total. The van der Waals surface area contributed by atoms with E-state index < -0.39 is 47.0 Å². The van der Waals surface area contributed by atoms with Gasteiger partial charge in [0.1, 0.15) is 23.8 Å². The zero-order valence-corrected chi connectivity index (χ0v) is 20.5. The Kier molecular flexibility index (Phi) is 7.19. The maximum atomic E-state index is 13.8. The summed E-state index contributed by atoms with van der Waals surface area (Å²) >= 11 is 0. The summed E-state index contributed by atoms with van der Waals surface area (Å²) in [6, 6.07) is 9.96. The van der Waals surface area contributed by atoms with Crippen molar-refractivity contribution in [2.45, 2.75) is 38.8 Å². The molecule has 4 rings (SSSR count). The second kappa shape index (κ2) is 10.3. The molecule has 3 atom stereocenters. The predicted octanol–water partition coefficient (Wildman–Crippen LogP) is 4.27. The van der Waals surface area contributed by atoms with Crippen molar-refractivity contribution in [1.82, 2.24) is 9.55 Å². The molecule has 0 amide bonds. The van der Waals surface area contributed by atoms with Crippen molar-refractivity contribution in [1.29, 1.82) is 0 Å². The molecule has 0 aliphatic carbocycles. The monoisotopic (exact) mass is 510 g/mol. The first-order valence-corrected chi connectivity index (χ1v) is 11.4. The Balaban J connectivity index is 1.70. The van der Waals surface area contributed by atoms with Crippen molar-refractivity contribution in [3.8, 4) is 5.75 Å². The van der Waals surface area contributed by atoms with E-state index in [0.717, 1.165) is 0 Å². The highest BCUT2D eigenvalue weighted by Crippen LogP contribution is 2.33. The molecule has 0 aliphatic rings. The van der Waals surface area contributed by atoms with E-state index in [4.69, 9.17) is 13.9 Å². The van der Waals surface area contributed by atoms with Gasteiger partial charge in [0, 0.05) is 18.2 Å². The Morgan fingerprint density at radius 3 is 2.35 bits per heavy atom. The van der Waals surface area contributed by atoms with Crippen LogP contribution in [0.3, 0.4) is 0 Å². The number of benzene rings is 2. The number of ether oxygens (including phenoxy) is 2. The van der Waals surface area contributed by atoms with Crippen LogP contribution in [-0.4, -0.2) is 28.7 Å². The molecule has 2 aromatic carbocycles. The fourth-order valence-corrected chi connectivity index (χ4v) is 4.33. The molecule has 37 heavy (non-hydrogen) atoms. The average molecular weight is 510 g/mol. The van der Waals surface area contributed by atoms with Gasteiger partial charge in [0.15, 0.2) is 11.3 Å². The minimum Gasteiger partial charge on any atom is -0.493 e. The van der Waals surface area contributed by atoms with Gasteiger partial charge in [-0.25, -0.2) is 27.9 Å². The molecule has 0 aliphatic heterocycles. The van der Waals surface area contributed by atoms with Crippen LogP contribution in [0.1, 0.15) is 42.5 Å². The molecule has 0 fully saturated rings. The van der Waals surface area contributed by atoms with Crippen LogP contribution in [0, 0.1) is 18.6 Å². The fourth-order valence-electron chi connectivity index (χ4n) is 4.33. The van der Waals surface area contributed by atoms with E-state index in [-0.39, 0.29) is 16.8 Å². The third kappa shape index (κ3) is 5.00. The third-order valence-corrected chi connectivity index (χ3v) is 6.19. The minimum absolute atomic E-state index is 0.131. The number of aryl methyl sites for hydroxylation is 1. The van der Waals surface area contributed by atoms with Gasteiger partial charge in [-0.1, -0.05) is 18.2 Å². The molecule has 0 saturated heterocycles. The Hall–Kier alpha value is -4.34. The van der Waals surface area contributed by atoms with Gasteiger partial charge in [-0.05, 0) is 61.7 Å². The number of methoxy groups -OCH3 is 1. The number of fused-ring (bicyclic) bond motifs is 1. The summed E-state index contributed by atoms with van der Waals surface area (Å²) in [5, 5.41) is 0. The van der Waals surface area contributed by atoms with Crippen molar-refractivity contribution in [2.75, 3.05) is 7.11 Å². The van der Waals surface area contributed by atoms with Gasteiger partial charge in [-0.2, -0.15) is 0 Å². The highest BCUT2D eigenvalue weighted by Gasteiger charge is 2.30. The van der Waals surface area contributed by atoms with E-state index >= 15 is 0 Å². The Morgan fingerprint density at radius 2 is 1.70 bits per heavy atom. The molecule has 2 heterocycles. The van der Waals surface area contributed by atoms with Gasteiger partial charge < -0.3 is 13.9 Å². The van der Waals surface area contributed by atoms with E-state index in [1.54, 1.807) is 32.0 Å². The molecular weight excluding hydrogens is 486 g/mol. The maximum absolute atomic E-state index is 13.8. The van der Waals surface area contributed by atoms with Crippen LogP contribution in [0.5, 0.6) is 5.75 Å². The van der Waals surface area contributed by atoms with Gasteiger partial charge in [-0.15, -0.1) is 0 Å². The SMILES string of the molecule is COc1ccnc2c(=O)n([C@@H](C)C(=O)O[C@@H](C)[C@H](c3ccc(F)cc3)c3ccc(F)cc3C)c(=O)oc12. The molecule has 0 spiro atoms. The number of carbonyl (C=O) groups is 1. The number of halogens is 2. The second-order valence-corrected chi connectivity index (χ2v) is 8.58. The zero-order valence-electron chi connectivity index (χ0n) is 20.5. The van der Waals surface area contributed by atoms with Crippen LogP contribution >= 0.6 is 0 Å². The number of hydrogen-bond acceptors (Lipinski definition) is 7. The Bertz CT molecular complexity index is 1580. The van der Waals surface area contributed by atoms with Crippen LogP contribution in [0.15, 0.2) is 68.7 Å². The van der Waals surface area contributed by atoms with Gasteiger partial charge in [0.05, 0.1) is 7.11 Å².